The summed E-state index contributed by atoms with van der Waals surface area (Å²) in [5, 5.41) is 13.9. The average molecular weight is 331 g/mol. The third-order valence-corrected chi connectivity index (χ3v) is 4.84. The van der Waals surface area contributed by atoms with Gasteiger partial charge < -0.3 is 10.0 Å². The zero-order chi connectivity index (χ0) is 17.5. The molecule has 24 heavy (non-hydrogen) atoms. The molecule has 0 unspecified atom stereocenters. The molecule has 0 saturated heterocycles. The number of hydrogen-bond donors (Lipinski definition) is 1. The van der Waals surface area contributed by atoms with Gasteiger partial charge in [-0.2, -0.15) is 4.98 Å². The number of rotatable bonds is 3. The van der Waals surface area contributed by atoms with E-state index in [1.165, 1.54) is 16.5 Å². The predicted octanol–water partition coefficient (Wildman–Crippen LogP) is 1.60. The first-order chi connectivity index (χ1) is 11.3. The lowest BCUT2D eigenvalue weighted by Gasteiger charge is -2.40. The Bertz CT molecular complexity index is 807. The standard InChI is InChI=1S/C16H21N5O3/c1-10-9-11(2)21-15(17-10)18-12(19-21)13(22)20(3)16(14(23)24)7-5-4-6-8-16/h9H,4-8H2,1-3H3,(H,23,24). The first-order valence-electron chi connectivity index (χ1n) is 8.08. The van der Waals surface area contributed by atoms with Gasteiger partial charge in [-0.1, -0.05) is 19.3 Å². The third-order valence-electron chi connectivity index (χ3n) is 4.84. The summed E-state index contributed by atoms with van der Waals surface area (Å²) in [7, 11) is 1.53. The Morgan fingerprint density at radius 2 is 1.88 bits per heavy atom. The smallest absolute Gasteiger partial charge is 0.329 e. The average Bonchev–Trinajstić information content (AvgIpc) is 2.98. The number of hydrogen-bond acceptors (Lipinski definition) is 5. The Balaban J connectivity index is 1.98. The van der Waals surface area contributed by atoms with Crippen LogP contribution in [0.15, 0.2) is 6.07 Å². The number of nitrogens with zero attached hydrogens (tertiary/aromatic N) is 5. The summed E-state index contributed by atoms with van der Waals surface area (Å²) in [6, 6.07) is 1.85. The molecule has 0 radical (unpaired) electrons. The second-order valence-electron chi connectivity index (χ2n) is 6.45. The molecule has 2 aromatic rings. The fraction of sp³-hybridized carbons (Fsp3) is 0.562. The summed E-state index contributed by atoms with van der Waals surface area (Å²) in [5.74, 6) is -1.13. The summed E-state index contributed by atoms with van der Waals surface area (Å²) in [4.78, 5) is 34.4. The molecule has 0 bridgehead atoms. The van der Waals surface area contributed by atoms with Crippen molar-refractivity contribution in [2.75, 3.05) is 7.05 Å². The fourth-order valence-electron chi connectivity index (χ4n) is 3.43. The lowest BCUT2D eigenvalue weighted by Crippen LogP contribution is -2.56. The second-order valence-corrected chi connectivity index (χ2v) is 6.45. The van der Waals surface area contributed by atoms with Gasteiger partial charge in [0.15, 0.2) is 0 Å². The van der Waals surface area contributed by atoms with E-state index < -0.39 is 17.4 Å². The highest BCUT2D eigenvalue weighted by molar-refractivity contribution is 5.95. The monoisotopic (exact) mass is 331 g/mol. The molecule has 1 aliphatic carbocycles. The van der Waals surface area contributed by atoms with E-state index in [1.54, 1.807) is 0 Å². The molecular formula is C16H21N5O3. The van der Waals surface area contributed by atoms with Crippen LogP contribution in [-0.4, -0.2) is 54.1 Å². The maximum atomic E-state index is 12.8. The van der Waals surface area contributed by atoms with E-state index in [1.807, 2.05) is 19.9 Å². The van der Waals surface area contributed by atoms with E-state index in [9.17, 15) is 14.7 Å². The molecule has 8 heteroatoms. The SMILES string of the molecule is Cc1cc(C)n2nc(C(=O)N(C)C3(C(=O)O)CCCCC3)nc2n1. The maximum absolute atomic E-state index is 12.8. The van der Waals surface area contributed by atoms with Gasteiger partial charge in [0.25, 0.3) is 11.7 Å². The molecule has 0 aromatic carbocycles. The molecule has 128 valence electrons. The van der Waals surface area contributed by atoms with Crippen molar-refractivity contribution >= 4 is 17.7 Å². The van der Waals surface area contributed by atoms with Gasteiger partial charge in [0, 0.05) is 18.4 Å². The van der Waals surface area contributed by atoms with Gasteiger partial charge in [0.2, 0.25) is 5.82 Å². The molecule has 1 saturated carbocycles. The van der Waals surface area contributed by atoms with E-state index in [2.05, 4.69) is 15.1 Å². The lowest BCUT2D eigenvalue weighted by atomic mass is 9.80. The maximum Gasteiger partial charge on any atom is 0.329 e. The molecule has 0 aliphatic heterocycles. The number of carboxylic acid groups (broad SMARTS) is 1. The number of fused-ring (bicyclic) bond motifs is 1. The van der Waals surface area contributed by atoms with Crippen LogP contribution in [-0.2, 0) is 4.79 Å². The number of aromatic nitrogens is 4. The molecule has 1 aliphatic rings. The normalized spacial score (nSPS) is 17.0. The molecule has 0 spiro atoms. The molecule has 2 heterocycles. The van der Waals surface area contributed by atoms with Gasteiger partial charge in [-0.3, -0.25) is 4.79 Å². The summed E-state index contributed by atoms with van der Waals surface area (Å²) in [6.07, 6.45) is 3.49. The quantitative estimate of drug-likeness (QED) is 0.917. The van der Waals surface area contributed by atoms with Crippen LogP contribution in [0, 0.1) is 13.8 Å². The number of amides is 1. The minimum atomic E-state index is -1.18. The van der Waals surface area contributed by atoms with Crippen molar-refractivity contribution in [3.05, 3.63) is 23.3 Å². The van der Waals surface area contributed by atoms with E-state index in [-0.39, 0.29) is 5.82 Å². The van der Waals surface area contributed by atoms with Gasteiger partial charge in [0.05, 0.1) is 0 Å². The summed E-state index contributed by atoms with van der Waals surface area (Å²) in [5.41, 5.74) is 0.428. The van der Waals surface area contributed by atoms with Crippen molar-refractivity contribution in [1.29, 1.82) is 0 Å². The molecule has 2 aromatic heterocycles. The van der Waals surface area contributed by atoms with Crippen molar-refractivity contribution in [2.24, 2.45) is 0 Å². The largest absolute Gasteiger partial charge is 0.479 e. The van der Waals surface area contributed by atoms with Gasteiger partial charge in [-0.15, -0.1) is 5.10 Å². The highest BCUT2D eigenvalue weighted by Crippen LogP contribution is 2.34. The third kappa shape index (κ3) is 2.51. The lowest BCUT2D eigenvalue weighted by molar-refractivity contribution is -0.151. The van der Waals surface area contributed by atoms with E-state index in [4.69, 9.17) is 0 Å². The molecule has 1 N–H and O–H groups in total. The Morgan fingerprint density at radius 1 is 1.21 bits per heavy atom. The van der Waals surface area contributed by atoms with E-state index in [0.717, 1.165) is 30.7 Å². The number of carbonyl (C=O) groups excluding carboxylic acids is 1. The molecule has 0 atom stereocenters. The number of aliphatic carboxylic acids is 1. The molecule has 1 amide bonds. The Hall–Kier alpha value is -2.51. The van der Waals surface area contributed by atoms with Crippen LogP contribution >= 0.6 is 0 Å². The van der Waals surface area contributed by atoms with Crippen LogP contribution in [0.1, 0.15) is 54.1 Å². The summed E-state index contributed by atoms with van der Waals surface area (Å²) >= 11 is 0. The van der Waals surface area contributed by atoms with Crippen LogP contribution in [0.3, 0.4) is 0 Å². The van der Waals surface area contributed by atoms with Crippen molar-refractivity contribution in [1.82, 2.24) is 24.5 Å². The van der Waals surface area contributed by atoms with Crippen molar-refractivity contribution in [3.63, 3.8) is 0 Å². The number of likely N-dealkylation sites (N-methyl/N-ethyl adjacent to an activating group) is 1. The molecule has 1 fully saturated rings. The molecular weight excluding hydrogens is 310 g/mol. The first-order valence-corrected chi connectivity index (χ1v) is 8.08. The van der Waals surface area contributed by atoms with Crippen molar-refractivity contribution in [2.45, 2.75) is 51.5 Å². The molecule has 3 rings (SSSR count). The predicted molar refractivity (Wildman–Crippen MR) is 85.8 cm³/mol. The van der Waals surface area contributed by atoms with Crippen molar-refractivity contribution < 1.29 is 14.7 Å². The molecule has 8 nitrogen and oxygen atoms in total. The van der Waals surface area contributed by atoms with Gasteiger partial charge in [-0.25, -0.2) is 14.3 Å². The fourth-order valence-corrected chi connectivity index (χ4v) is 3.43. The van der Waals surface area contributed by atoms with Gasteiger partial charge in [-0.05, 0) is 32.8 Å². The minimum Gasteiger partial charge on any atom is -0.479 e. The summed E-state index contributed by atoms with van der Waals surface area (Å²) in [6.45, 7) is 3.70. The highest BCUT2D eigenvalue weighted by Gasteiger charge is 2.46. The Kier molecular flexibility index (Phi) is 3.98. The number of carboxylic acids is 1. The Labute approximate surface area is 139 Å². The van der Waals surface area contributed by atoms with Gasteiger partial charge >= 0.3 is 5.97 Å². The van der Waals surface area contributed by atoms with E-state index >= 15 is 0 Å². The van der Waals surface area contributed by atoms with Crippen LogP contribution in [0.25, 0.3) is 5.78 Å². The van der Waals surface area contributed by atoms with Gasteiger partial charge in [0.1, 0.15) is 5.54 Å². The van der Waals surface area contributed by atoms with Crippen LogP contribution in [0.2, 0.25) is 0 Å². The number of aryl methyl sites for hydroxylation is 2. The Morgan fingerprint density at radius 3 is 2.50 bits per heavy atom. The first kappa shape index (κ1) is 16.4. The van der Waals surface area contributed by atoms with Crippen LogP contribution in [0.4, 0.5) is 0 Å². The number of carbonyl (C=O) groups is 2. The summed E-state index contributed by atoms with van der Waals surface area (Å²) < 4.78 is 1.50. The highest BCUT2D eigenvalue weighted by atomic mass is 16.4. The van der Waals surface area contributed by atoms with Crippen molar-refractivity contribution in [3.8, 4) is 0 Å². The topological polar surface area (TPSA) is 101 Å². The van der Waals surface area contributed by atoms with Crippen LogP contribution in [0.5, 0.6) is 0 Å². The van der Waals surface area contributed by atoms with Crippen LogP contribution < -0.4 is 0 Å². The zero-order valence-corrected chi connectivity index (χ0v) is 14.1. The van der Waals surface area contributed by atoms with E-state index in [0.29, 0.717) is 18.6 Å². The second kappa shape index (κ2) is 5.85. The zero-order valence-electron chi connectivity index (χ0n) is 14.1. The minimum absolute atomic E-state index is 0.0232.